The monoisotopic (exact) mass is 825 g/mol. The second-order valence-corrected chi connectivity index (χ2v) is 18.6. The van der Waals surface area contributed by atoms with Gasteiger partial charge in [0.25, 0.3) is 17.7 Å². The predicted molar refractivity (Wildman–Crippen MR) is 219 cm³/mol. The highest BCUT2D eigenvalue weighted by Crippen LogP contribution is 2.59. The van der Waals surface area contributed by atoms with Gasteiger partial charge in [0.05, 0.1) is 22.7 Å². The van der Waals surface area contributed by atoms with Crippen molar-refractivity contribution in [2.45, 2.75) is 104 Å². The number of ether oxygens (including phenoxy) is 1. The van der Waals surface area contributed by atoms with E-state index in [1.54, 1.807) is 35.2 Å². The molecule has 2 saturated carbocycles. The summed E-state index contributed by atoms with van der Waals surface area (Å²) in [6.07, 6.45) is 2.97. The van der Waals surface area contributed by atoms with E-state index < -0.39 is 29.7 Å². The van der Waals surface area contributed by atoms with Gasteiger partial charge in [-0.25, -0.2) is 4.85 Å². The summed E-state index contributed by atoms with van der Waals surface area (Å²) < 4.78 is 6.47. The number of carbonyl (C=O) groups is 6. The lowest BCUT2D eigenvalue weighted by Crippen LogP contribution is -2.74. The highest BCUT2D eigenvalue weighted by atomic mass is 35.5. The van der Waals surface area contributed by atoms with E-state index in [0.29, 0.717) is 54.5 Å². The molecule has 0 aromatic heterocycles. The summed E-state index contributed by atoms with van der Waals surface area (Å²) in [5.41, 5.74) is 4.23. The number of carbonyl (C=O) groups excluding carboxylic acids is 6. The van der Waals surface area contributed by atoms with E-state index in [1.807, 2.05) is 23.1 Å². The Morgan fingerprint density at radius 1 is 0.817 bits per heavy atom. The number of hydrogen-bond acceptors (Lipinski definition) is 7. The molecule has 306 valence electrons. The van der Waals surface area contributed by atoms with Gasteiger partial charge in [0.2, 0.25) is 23.4 Å². The fourth-order valence-electron chi connectivity index (χ4n) is 11.1. The van der Waals surface area contributed by atoms with Gasteiger partial charge in [0.15, 0.2) is 0 Å². The number of halogens is 1. The molecule has 6 amide bonds. The zero-order chi connectivity index (χ0) is 42.4. The lowest BCUT2D eigenvalue weighted by Gasteiger charge is -2.65. The fraction of sp³-hybridized carbons (Fsp3) is 0.426. The molecule has 6 aliphatic rings. The molecular formula is C47H44ClN5O7. The van der Waals surface area contributed by atoms with Crippen molar-refractivity contribution >= 4 is 52.7 Å². The van der Waals surface area contributed by atoms with E-state index >= 15 is 0 Å². The minimum atomic E-state index is -1.02. The molecule has 60 heavy (non-hydrogen) atoms. The molecule has 3 aromatic carbocycles. The molecule has 9 rings (SSSR count). The van der Waals surface area contributed by atoms with Crippen molar-refractivity contribution in [3.63, 3.8) is 0 Å². The molecule has 2 aliphatic carbocycles. The first kappa shape index (κ1) is 39.5. The molecule has 3 fully saturated rings. The molecule has 1 saturated heterocycles. The van der Waals surface area contributed by atoms with Crippen LogP contribution in [0, 0.1) is 41.1 Å². The van der Waals surface area contributed by atoms with Crippen molar-refractivity contribution < 1.29 is 33.5 Å². The second kappa shape index (κ2) is 14.3. The van der Waals surface area contributed by atoms with Gasteiger partial charge >= 0.3 is 0 Å². The smallest absolute Gasteiger partial charge is 0.262 e. The van der Waals surface area contributed by atoms with Gasteiger partial charge in [-0.2, -0.15) is 0 Å². The van der Waals surface area contributed by atoms with Crippen LogP contribution >= 0.6 is 11.6 Å². The van der Waals surface area contributed by atoms with E-state index in [4.69, 9.17) is 22.9 Å². The van der Waals surface area contributed by atoms with Crippen LogP contribution in [0.2, 0.25) is 5.02 Å². The first-order chi connectivity index (χ1) is 28.6. The van der Waals surface area contributed by atoms with Crippen molar-refractivity contribution in [3.8, 4) is 17.6 Å². The molecule has 13 heteroatoms. The molecule has 4 heterocycles. The lowest BCUT2D eigenvalue weighted by atomic mass is 9.49. The van der Waals surface area contributed by atoms with Gasteiger partial charge in [0.1, 0.15) is 17.9 Å². The summed E-state index contributed by atoms with van der Waals surface area (Å²) in [6.45, 7) is 17.0. The number of amides is 6. The molecule has 1 atom stereocenters. The topological polar surface area (TPSA) is 138 Å². The zero-order valence-electron chi connectivity index (χ0n) is 33.9. The Morgan fingerprint density at radius 2 is 1.48 bits per heavy atom. The SMILES string of the molecule is [C-]#[N+]c1ccc(OC2C(C)(C)C(N3Cc4cc(C#CC5CCC(C(=O)N6Cc7cc8c(cc7C6)C(=O)N(C6CCC(=O)NC6=O)C8=O)CC5)ccc4C3=O)C2(C)C)cc1Cl. The maximum Gasteiger partial charge on any atom is 0.262 e. The van der Waals surface area contributed by atoms with Crippen molar-refractivity contribution in [2.24, 2.45) is 22.7 Å². The van der Waals surface area contributed by atoms with Gasteiger partial charge in [-0.05, 0) is 91.3 Å². The zero-order valence-corrected chi connectivity index (χ0v) is 34.7. The number of nitrogens with zero attached hydrogens (tertiary/aromatic N) is 4. The number of hydrogen-bond donors (Lipinski definition) is 1. The summed E-state index contributed by atoms with van der Waals surface area (Å²) in [4.78, 5) is 86.5. The van der Waals surface area contributed by atoms with Crippen molar-refractivity contribution in [1.82, 2.24) is 20.0 Å². The van der Waals surface area contributed by atoms with E-state index in [0.717, 1.165) is 40.0 Å². The standard InChI is InChI=1S/C47H44ClN5O7/c1-46(2)44(47(3,4)45(46)60-31-13-15-36(49-5)35(48)21-31)52-24-30-18-26(10-14-32(30)41(52)57)7-6-25-8-11-27(12-9-25)40(56)51-22-28-19-33-34(20-29(28)23-51)43(59)53(42(33)58)37-16-17-38(54)50-39(37)55/h10,13-15,18-21,25,27,37,44-45H,8-9,11-12,16-17,22-24H2,1-4H3,(H,50,54,55). The Labute approximate surface area is 353 Å². The average molecular weight is 826 g/mol. The maximum atomic E-state index is 13.8. The molecule has 1 N–H and O–H groups in total. The molecule has 4 aliphatic heterocycles. The summed E-state index contributed by atoms with van der Waals surface area (Å²) in [5, 5.41) is 2.57. The second-order valence-electron chi connectivity index (χ2n) is 18.2. The van der Waals surface area contributed by atoms with Crippen LogP contribution in [-0.4, -0.2) is 68.3 Å². The minimum absolute atomic E-state index is 0.00477. The van der Waals surface area contributed by atoms with Crippen LogP contribution in [0.25, 0.3) is 4.85 Å². The maximum absolute atomic E-state index is 13.8. The van der Waals surface area contributed by atoms with E-state index in [9.17, 15) is 28.8 Å². The largest absolute Gasteiger partial charge is 0.489 e. The predicted octanol–water partition coefficient (Wildman–Crippen LogP) is 6.83. The Kier molecular flexibility index (Phi) is 9.44. The van der Waals surface area contributed by atoms with Crippen LogP contribution in [0.5, 0.6) is 5.75 Å². The van der Waals surface area contributed by atoms with Crippen LogP contribution in [-0.2, 0) is 34.0 Å². The first-order valence-corrected chi connectivity index (χ1v) is 20.9. The number of imide groups is 2. The van der Waals surface area contributed by atoms with Gasteiger partial charge in [0, 0.05) is 65.9 Å². The summed E-state index contributed by atoms with van der Waals surface area (Å²) in [7, 11) is 0. The molecule has 1 unspecified atom stereocenters. The highest BCUT2D eigenvalue weighted by molar-refractivity contribution is 6.33. The third kappa shape index (κ3) is 6.35. The number of benzene rings is 3. The number of piperidine rings is 1. The van der Waals surface area contributed by atoms with Gasteiger partial charge in [-0.3, -0.25) is 39.0 Å². The van der Waals surface area contributed by atoms with Crippen LogP contribution in [0.1, 0.15) is 120 Å². The summed E-state index contributed by atoms with van der Waals surface area (Å²) in [6, 6.07) is 13.2. The third-order valence-corrected chi connectivity index (χ3v) is 13.9. The molecule has 12 nitrogen and oxygen atoms in total. The molecule has 0 bridgehead atoms. The first-order valence-electron chi connectivity index (χ1n) is 20.5. The molecular weight excluding hydrogens is 782 g/mol. The molecule has 0 spiro atoms. The normalized spacial score (nSPS) is 26.0. The Hall–Kier alpha value is -5.98. The van der Waals surface area contributed by atoms with Gasteiger partial charge in [-0.1, -0.05) is 57.2 Å². The third-order valence-electron chi connectivity index (χ3n) is 13.6. The van der Waals surface area contributed by atoms with Crippen LogP contribution in [0.3, 0.4) is 0 Å². The van der Waals surface area contributed by atoms with E-state index in [2.05, 4.69) is 49.7 Å². The number of nitrogens with one attached hydrogen (secondary N) is 1. The number of rotatable bonds is 5. The van der Waals surface area contributed by atoms with Crippen molar-refractivity contribution in [1.29, 1.82) is 0 Å². The summed E-state index contributed by atoms with van der Waals surface area (Å²) in [5.74, 6) is 5.30. The Bertz CT molecular complexity index is 2490. The Morgan fingerprint density at radius 3 is 2.10 bits per heavy atom. The van der Waals surface area contributed by atoms with Crippen LogP contribution < -0.4 is 10.1 Å². The fourth-order valence-corrected chi connectivity index (χ4v) is 11.3. The van der Waals surface area contributed by atoms with Crippen molar-refractivity contribution in [3.05, 3.63) is 104 Å². The van der Waals surface area contributed by atoms with Crippen LogP contribution in [0.15, 0.2) is 48.5 Å². The average Bonchev–Trinajstić information content (AvgIpc) is 3.85. The quantitative estimate of drug-likeness (QED) is 0.169. The Balaban J connectivity index is 0.795. The van der Waals surface area contributed by atoms with E-state index in [1.165, 1.54) is 0 Å². The molecule has 3 aromatic rings. The molecule has 0 radical (unpaired) electrons. The van der Waals surface area contributed by atoms with E-state index in [-0.39, 0.29) is 70.6 Å². The van der Waals surface area contributed by atoms with Gasteiger partial charge in [-0.15, -0.1) is 0 Å². The van der Waals surface area contributed by atoms with Gasteiger partial charge < -0.3 is 14.5 Å². The summed E-state index contributed by atoms with van der Waals surface area (Å²) >= 11 is 6.30. The van der Waals surface area contributed by atoms with Crippen LogP contribution in [0.4, 0.5) is 5.69 Å². The van der Waals surface area contributed by atoms with Crippen molar-refractivity contribution in [2.75, 3.05) is 0 Å². The number of fused-ring (bicyclic) bond motifs is 3. The minimum Gasteiger partial charge on any atom is -0.489 e. The highest BCUT2D eigenvalue weighted by Gasteiger charge is 2.67. The lowest BCUT2D eigenvalue weighted by molar-refractivity contribution is -0.199.